The number of hydrogen-bond acceptors (Lipinski definition) is 3. The number of halogens is 1. The van der Waals surface area contributed by atoms with Gasteiger partial charge in [0.05, 0.1) is 11.4 Å². The maximum Gasteiger partial charge on any atom is 0.224 e. The normalized spacial score (nSPS) is 10.6. The molecule has 0 fully saturated rings. The third-order valence-electron chi connectivity index (χ3n) is 2.30. The van der Waals surface area contributed by atoms with E-state index in [4.69, 9.17) is 5.73 Å². The molecule has 17 heavy (non-hydrogen) atoms. The van der Waals surface area contributed by atoms with Crippen LogP contribution in [0.5, 0.6) is 0 Å². The standard InChI is InChI=1S/C12H18FN3O/c1-16(2)7-3-4-12(17)15-11-6-5-9(13)8-10(11)14/h5-6,8H,3-4,7,14H2,1-2H3,(H,15,17). The zero-order chi connectivity index (χ0) is 12.8. The van der Waals surface area contributed by atoms with E-state index in [0.717, 1.165) is 13.0 Å². The first-order valence-electron chi connectivity index (χ1n) is 5.48. The van der Waals surface area contributed by atoms with Gasteiger partial charge in [-0.2, -0.15) is 0 Å². The minimum absolute atomic E-state index is 0.106. The van der Waals surface area contributed by atoms with E-state index < -0.39 is 5.82 Å². The van der Waals surface area contributed by atoms with Crippen LogP contribution in [-0.4, -0.2) is 31.4 Å². The van der Waals surface area contributed by atoms with E-state index in [1.54, 1.807) is 0 Å². The maximum atomic E-state index is 12.8. The predicted molar refractivity (Wildman–Crippen MR) is 67.2 cm³/mol. The Morgan fingerprint density at radius 2 is 2.18 bits per heavy atom. The predicted octanol–water partition coefficient (Wildman–Crippen LogP) is 1.69. The second-order valence-electron chi connectivity index (χ2n) is 4.19. The van der Waals surface area contributed by atoms with Crippen molar-refractivity contribution in [3.05, 3.63) is 24.0 Å². The van der Waals surface area contributed by atoms with Crippen molar-refractivity contribution in [2.45, 2.75) is 12.8 Å². The van der Waals surface area contributed by atoms with Gasteiger partial charge in [-0.25, -0.2) is 4.39 Å². The van der Waals surface area contributed by atoms with E-state index in [1.807, 2.05) is 19.0 Å². The molecule has 0 aromatic heterocycles. The molecule has 0 atom stereocenters. The van der Waals surface area contributed by atoms with E-state index in [0.29, 0.717) is 12.1 Å². The minimum Gasteiger partial charge on any atom is -0.397 e. The molecule has 0 saturated heterocycles. The second kappa shape index (κ2) is 6.20. The lowest BCUT2D eigenvalue weighted by atomic mass is 10.2. The molecule has 0 aliphatic heterocycles. The van der Waals surface area contributed by atoms with Gasteiger partial charge in [0, 0.05) is 6.42 Å². The van der Waals surface area contributed by atoms with Gasteiger partial charge in [0.1, 0.15) is 5.82 Å². The summed E-state index contributed by atoms with van der Waals surface area (Å²) in [6.45, 7) is 0.853. The van der Waals surface area contributed by atoms with E-state index in [1.165, 1.54) is 18.2 Å². The summed E-state index contributed by atoms with van der Waals surface area (Å²) in [6, 6.07) is 3.93. The lowest BCUT2D eigenvalue weighted by Gasteiger charge is -2.10. The Kier molecular flexibility index (Phi) is 4.90. The highest BCUT2D eigenvalue weighted by Gasteiger charge is 2.06. The highest BCUT2D eigenvalue weighted by molar-refractivity contribution is 5.93. The average molecular weight is 239 g/mol. The number of nitrogens with zero attached hydrogens (tertiary/aromatic N) is 1. The van der Waals surface area contributed by atoms with Crippen LogP contribution in [0.15, 0.2) is 18.2 Å². The molecule has 3 N–H and O–H groups in total. The van der Waals surface area contributed by atoms with Crippen LogP contribution in [0.2, 0.25) is 0 Å². The van der Waals surface area contributed by atoms with E-state index in [-0.39, 0.29) is 11.6 Å². The molecule has 0 aliphatic carbocycles. The molecule has 1 aromatic carbocycles. The molecule has 0 unspecified atom stereocenters. The number of hydrogen-bond donors (Lipinski definition) is 2. The van der Waals surface area contributed by atoms with Crippen LogP contribution in [0.3, 0.4) is 0 Å². The molecule has 0 radical (unpaired) electrons. The molecule has 0 heterocycles. The largest absolute Gasteiger partial charge is 0.397 e. The van der Waals surface area contributed by atoms with Crippen molar-refractivity contribution in [1.29, 1.82) is 0 Å². The van der Waals surface area contributed by atoms with Gasteiger partial charge in [0.15, 0.2) is 0 Å². The van der Waals surface area contributed by atoms with Gasteiger partial charge in [0.25, 0.3) is 0 Å². The number of amides is 1. The number of benzene rings is 1. The van der Waals surface area contributed by atoms with Gasteiger partial charge in [-0.3, -0.25) is 4.79 Å². The first kappa shape index (κ1) is 13.4. The quantitative estimate of drug-likeness (QED) is 0.769. The molecule has 0 bridgehead atoms. The number of anilines is 2. The fraction of sp³-hybridized carbons (Fsp3) is 0.417. The minimum atomic E-state index is -0.409. The molecule has 1 amide bonds. The monoisotopic (exact) mass is 239 g/mol. The van der Waals surface area contributed by atoms with E-state index >= 15 is 0 Å². The van der Waals surface area contributed by atoms with Crippen molar-refractivity contribution < 1.29 is 9.18 Å². The van der Waals surface area contributed by atoms with Crippen molar-refractivity contribution in [3.8, 4) is 0 Å². The summed E-state index contributed by atoms with van der Waals surface area (Å²) >= 11 is 0. The molecule has 0 aliphatic rings. The molecule has 5 heteroatoms. The molecule has 1 aromatic rings. The van der Waals surface area contributed by atoms with Crippen LogP contribution < -0.4 is 11.1 Å². The summed E-state index contributed by atoms with van der Waals surface area (Å²) in [7, 11) is 3.91. The second-order valence-corrected chi connectivity index (χ2v) is 4.19. The summed E-state index contributed by atoms with van der Waals surface area (Å²) in [5.74, 6) is -0.515. The highest BCUT2D eigenvalue weighted by Crippen LogP contribution is 2.19. The summed E-state index contributed by atoms with van der Waals surface area (Å²) in [5, 5.41) is 2.66. The molecule has 1 rings (SSSR count). The SMILES string of the molecule is CN(C)CCCC(=O)Nc1ccc(F)cc1N. The third kappa shape index (κ3) is 4.82. The summed E-state index contributed by atoms with van der Waals surface area (Å²) in [4.78, 5) is 13.6. The van der Waals surface area contributed by atoms with Gasteiger partial charge in [-0.1, -0.05) is 0 Å². The van der Waals surface area contributed by atoms with Crippen molar-refractivity contribution >= 4 is 17.3 Å². The Balaban J connectivity index is 2.45. The third-order valence-corrected chi connectivity index (χ3v) is 2.30. The molecular weight excluding hydrogens is 221 g/mol. The lowest BCUT2D eigenvalue weighted by molar-refractivity contribution is -0.116. The van der Waals surface area contributed by atoms with E-state index in [9.17, 15) is 9.18 Å². The lowest BCUT2D eigenvalue weighted by Crippen LogP contribution is -2.17. The number of rotatable bonds is 5. The number of carbonyl (C=O) groups excluding carboxylic acids is 1. The molecule has 4 nitrogen and oxygen atoms in total. The van der Waals surface area contributed by atoms with E-state index in [2.05, 4.69) is 5.32 Å². The number of nitrogens with one attached hydrogen (secondary N) is 1. The van der Waals surface area contributed by atoms with Gasteiger partial charge < -0.3 is 16.0 Å². The Hall–Kier alpha value is -1.62. The van der Waals surface area contributed by atoms with Gasteiger partial charge in [-0.15, -0.1) is 0 Å². The number of carbonyl (C=O) groups is 1. The maximum absolute atomic E-state index is 12.8. The molecule has 0 saturated carbocycles. The van der Waals surface area contributed by atoms with Crippen LogP contribution in [0.1, 0.15) is 12.8 Å². The van der Waals surface area contributed by atoms with Crippen molar-refractivity contribution in [1.82, 2.24) is 4.90 Å². The van der Waals surface area contributed by atoms with Crippen LogP contribution in [0.4, 0.5) is 15.8 Å². The Morgan fingerprint density at radius 1 is 1.47 bits per heavy atom. The first-order chi connectivity index (χ1) is 7.99. The van der Waals surface area contributed by atoms with Crippen LogP contribution >= 0.6 is 0 Å². The van der Waals surface area contributed by atoms with Gasteiger partial charge in [-0.05, 0) is 45.3 Å². The smallest absolute Gasteiger partial charge is 0.224 e. The van der Waals surface area contributed by atoms with Crippen LogP contribution in [-0.2, 0) is 4.79 Å². The summed E-state index contributed by atoms with van der Waals surface area (Å²) in [5.41, 5.74) is 6.28. The van der Waals surface area contributed by atoms with Crippen molar-refractivity contribution in [3.63, 3.8) is 0 Å². The Morgan fingerprint density at radius 3 is 2.76 bits per heavy atom. The summed E-state index contributed by atoms with van der Waals surface area (Å²) in [6.07, 6.45) is 1.20. The fourth-order valence-corrected chi connectivity index (χ4v) is 1.42. The number of nitrogens with two attached hydrogens (primary N) is 1. The van der Waals surface area contributed by atoms with Gasteiger partial charge >= 0.3 is 0 Å². The zero-order valence-electron chi connectivity index (χ0n) is 10.2. The average Bonchev–Trinajstić information content (AvgIpc) is 2.21. The van der Waals surface area contributed by atoms with Gasteiger partial charge in [0.2, 0.25) is 5.91 Å². The molecular formula is C12H18FN3O. The fourth-order valence-electron chi connectivity index (χ4n) is 1.42. The molecule has 94 valence electrons. The summed E-state index contributed by atoms with van der Waals surface area (Å²) < 4.78 is 12.8. The Bertz CT molecular complexity index is 393. The zero-order valence-corrected chi connectivity index (χ0v) is 10.2. The van der Waals surface area contributed by atoms with Crippen LogP contribution in [0.25, 0.3) is 0 Å². The Labute approximate surface area is 101 Å². The van der Waals surface area contributed by atoms with Crippen molar-refractivity contribution in [2.75, 3.05) is 31.7 Å². The topological polar surface area (TPSA) is 58.4 Å². The van der Waals surface area contributed by atoms with Crippen molar-refractivity contribution in [2.24, 2.45) is 0 Å². The highest BCUT2D eigenvalue weighted by atomic mass is 19.1. The number of nitrogen functional groups attached to an aromatic ring is 1. The first-order valence-corrected chi connectivity index (χ1v) is 5.48. The van der Waals surface area contributed by atoms with Crippen LogP contribution in [0, 0.1) is 5.82 Å². The molecule has 0 spiro atoms.